The average Bonchev–Trinajstić information content (AvgIpc) is 2.73. The van der Waals surface area contributed by atoms with Crippen molar-refractivity contribution in [2.24, 2.45) is 35.1 Å². The predicted molar refractivity (Wildman–Crippen MR) is 111 cm³/mol. The number of rotatable bonds is 5. The number of aliphatic hydroxyl groups excluding tert-OH is 1. The van der Waals surface area contributed by atoms with Crippen molar-refractivity contribution in [1.82, 2.24) is 4.90 Å². The molecule has 0 aliphatic heterocycles. The highest BCUT2D eigenvalue weighted by atomic mass is 16.5. The maximum atomic E-state index is 10.5. The van der Waals surface area contributed by atoms with Crippen LogP contribution in [-0.2, 0) is 14.4 Å². The molecule has 2 aliphatic rings. The number of amides is 1. The lowest BCUT2D eigenvalue weighted by atomic mass is 9.82. The van der Waals surface area contributed by atoms with Gasteiger partial charge in [0.2, 0.25) is 6.29 Å². The van der Waals surface area contributed by atoms with Gasteiger partial charge in [-0.15, -0.1) is 0 Å². The summed E-state index contributed by atoms with van der Waals surface area (Å²) in [5, 5.41) is 33.6. The summed E-state index contributed by atoms with van der Waals surface area (Å²) in [6, 6.07) is 0. The third-order valence-corrected chi connectivity index (χ3v) is 5.72. The van der Waals surface area contributed by atoms with Crippen molar-refractivity contribution in [3.05, 3.63) is 0 Å². The van der Waals surface area contributed by atoms with Crippen LogP contribution < -0.4 is 11.5 Å². The van der Waals surface area contributed by atoms with Gasteiger partial charge in [0.1, 0.15) is 0 Å². The van der Waals surface area contributed by atoms with Crippen LogP contribution in [0.1, 0.15) is 51.4 Å². The lowest BCUT2D eigenvalue weighted by Crippen LogP contribution is -2.32. The molecule has 0 atom stereocenters. The van der Waals surface area contributed by atoms with Gasteiger partial charge in [0.25, 0.3) is 5.91 Å². The third-order valence-electron chi connectivity index (χ3n) is 5.72. The number of nitrogens with two attached hydrogens (primary N) is 2. The predicted octanol–water partition coefficient (Wildman–Crippen LogP) is 0.0575. The quantitative estimate of drug-likeness (QED) is 0.326. The maximum Gasteiger partial charge on any atom is 0.306 e. The van der Waals surface area contributed by atoms with Crippen LogP contribution in [0.25, 0.3) is 0 Å². The molecule has 176 valence electrons. The molecule has 0 aromatic rings. The highest BCUT2D eigenvalue weighted by molar-refractivity contribution is 5.78. The monoisotopic (exact) mass is 433 g/mol. The Hall–Kier alpha value is -1.75. The standard InChI is InChI=1S/2C8H15NO2.C4H9NO3/c2*9-5-6-1-3-7(4-2-6)8(10)11;1-5(2)3(6)4(7)8/h2*6-7H,1-5,9H2,(H,10,11);4,7-8H,1-2H3. The zero-order chi connectivity index (χ0) is 23.3. The van der Waals surface area contributed by atoms with E-state index in [0.717, 1.165) is 56.3 Å². The van der Waals surface area contributed by atoms with Crippen LogP contribution in [0, 0.1) is 23.7 Å². The molecule has 0 bridgehead atoms. The molecule has 0 radical (unpaired) electrons. The van der Waals surface area contributed by atoms with Crippen LogP contribution in [-0.4, -0.2) is 76.6 Å². The van der Waals surface area contributed by atoms with Gasteiger partial charge in [-0.2, -0.15) is 0 Å². The molecule has 1 amide bonds. The van der Waals surface area contributed by atoms with Crippen LogP contribution >= 0.6 is 0 Å². The van der Waals surface area contributed by atoms with Crippen molar-refractivity contribution in [3.8, 4) is 0 Å². The second kappa shape index (κ2) is 15.1. The number of aliphatic carboxylic acids is 2. The molecule has 2 fully saturated rings. The van der Waals surface area contributed by atoms with Gasteiger partial charge in [-0.25, -0.2) is 0 Å². The molecule has 8 N–H and O–H groups in total. The van der Waals surface area contributed by atoms with E-state index < -0.39 is 24.1 Å². The smallest absolute Gasteiger partial charge is 0.306 e. The molecule has 10 heteroatoms. The molecule has 2 aliphatic carbocycles. The number of carbonyl (C=O) groups is 3. The SMILES string of the molecule is CN(C)C(=O)C(O)O.NCC1CCC(C(=O)O)CC1.NCC1CCC(C(=O)O)CC1. The maximum absolute atomic E-state index is 10.5. The summed E-state index contributed by atoms with van der Waals surface area (Å²) in [7, 11) is 2.89. The summed E-state index contributed by atoms with van der Waals surface area (Å²) in [6.07, 6.45) is 5.37. The molecule has 10 nitrogen and oxygen atoms in total. The molecular weight excluding hydrogens is 394 g/mol. The zero-order valence-electron chi connectivity index (χ0n) is 18.1. The van der Waals surface area contributed by atoms with Gasteiger partial charge in [-0.1, -0.05) is 0 Å². The Kier molecular flexibility index (Phi) is 14.2. The minimum absolute atomic E-state index is 0.0993. The van der Waals surface area contributed by atoms with Gasteiger partial charge in [0.05, 0.1) is 11.8 Å². The summed E-state index contributed by atoms with van der Waals surface area (Å²) in [4.78, 5) is 32.4. The normalized spacial score (nSPS) is 25.8. The van der Waals surface area contributed by atoms with E-state index in [1.165, 1.54) is 14.1 Å². The Morgan fingerprint density at radius 2 is 1.07 bits per heavy atom. The van der Waals surface area contributed by atoms with E-state index in [9.17, 15) is 14.4 Å². The largest absolute Gasteiger partial charge is 0.481 e. The number of hydrogen-bond acceptors (Lipinski definition) is 7. The number of carboxylic acid groups (broad SMARTS) is 2. The van der Waals surface area contributed by atoms with E-state index in [1.54, 1.807) is 0 Å². The Bertz CT molecular complexity index is 469. The van der Waals surface area contributed by atoms with E-state index in [2.05, 4.69) is 0 Å². The molecule has 2 saturated carbocycles. The number of aliphatic hydroxyl groups is 2. The van der Waals surface area contributed by atoms with Gasteiger partial charge in [0, 0.05) is 14.1 Å². The van der Waals surface area contributed by atoms with Gasteiger partial charge in [0.15, 0.2) is 0 Å². The molecule has 2 rings (SSSR count). The second-order valence-electron chi connectivity index (χ2n) is 8.19. The zero-order valence-corrected chi connectivity index (χ0v) is 18.1. The van der Waals surface area contributed by atoms with Crippen LogP contribution in [0.15, 0.2) is 0 Å². The molecule has 0 saturated heterocycles. The van der Waals surface area contributed by atoms with Crippen molar-refractivity contribution < 1.29 is 34.8 Å². The molecular formula is C20H39N3O7. The Balaban J connectivity index is 0.000000428. The van der Waals surface area contributed by atoms with Crippen LogP contribution in [0.5, 0.6) is 0 Å². The van der Waals surface area contributed by atoms with Crippen LogP contribution in [0.2, 0.25) is 0 Å². The highest BCUT2D eigenvalue weighted by Gasteiger charge is 2.25. The molecule has 0 aromatic heterocycles. The number of carboxylic acids is 2. The summed E-state index contributed by atoms with van der Waals surface area (Å²) in [5.41, 5.74) is 11.0. The first-order valence-electron chi connectivity index (χ1n) is 10.5. The van der Waals surface area contributed by atoms with E-state index in [4.69, 9.17) is 31.9 Å². The second-order valence-corrected chi connectivity index (χ2v) is 8.19. The lowest BCUT2D eigenvalue weighted by Gasteiger charge is -2.24. The van der Waals surface area contributed by atoms with E-state index in [-0.39, 0.29) is 11.8 Å². The first kappa shape index (κ1) is 28.2. The van der Waals surface area contributed by atoms with Crippen molar-refractivity contribution in [1.29, 1.82) is 0 Å². The highest BCUT2D eigenvalue weighted by Crippen LogP contribution is 2.28. The van der Waals surface area contributed by atoms with Crippen molar-refractivity contribution in [2.45, 2.75) is 57.7 Å². The molecule has 0 spiro atoms. The van der Waals surface area contributed by atoms with Crippen molar-refractivity contribution >= 4 is 17.8 Å². The topological polar surface area (TPSA) is 187 Å². The fourth-order valence-corrected chi connectivity index (χ4v) is 3.52. The summed E-state index contributed by atoms with van der Waals surface area (Å²) in [6.45, 7) is 1.43. The van der Waals surface area contributed by atoms with Crippen molar-refractivity contribution in [3.63, 3.8) is 0 Å². The van der Waals surface area contributed by atoms with Crippen molar-refractivity contribution in [2.75, 3.05) is 27.2 Å². The number of likely N-dealkylation sites (N-methyl/N-ethyl adjacent to an activating group) is 1. The van der Waals surface area contributed by atoms with E-state index >= 15 is 0 Å². The Labute approximate surface area is 178 Å². The van der Waals surface area contributed by atoms with E-state index in [0.29, 0.717) is 24.9 Å². The first-order valence-corrected chi connectivity index (χ1v) is 10.5. The minimum atomic E-state index is -1.87. The number of nitrogens with zero attached hydrogens (tertiary/aromatic N) is 1. The third kappa shape index (κ3) is 11.4. The molecule has 30 heavy (non-hydrogen) atoms. The number of carbonyl (C=O) groups excluding carboxylic acids is 1. The number of hydrogen-bond donors (Lipinski definition) is 6. The Morgan fingerprint density at radius 1 is 0.767 bits per heavy atom. The fraction of sp³-hybridized carbons (Fsp3) is 0.850. The fourth-order valence-electron chi connectivity index (χ4n) is 3.52. The average molecular weight is 434 g/mol. The first-order chi connectivity index (χ1) is 14.0. The summed E-state index contributed by atoms with van der Waals surface area (Å²) >= 11 is 0. The van der Waals surface area contributed by atoms with Crippen LogP contribution in [0.4, 0.5) is 0 Å². The van der Waals surface area contributed by atoms with Gasteiger partial charge in [-0.05, 0) is 76.3 Å². The van der Waals surface area contributed by atoms with Crippen LogP contribution in [0.3, 0.4) is 0 Å². The molecule has 0 aromatic carbocycles. The van der Waals surface area contributed by atoms with Gasteiger partial charge in [-0.3, -0.25) is 14.4 Å². The molecule has 0 unspecified atom stereocenters. The minimum Gasteiger partial charge on any atom is -0.481 e. The van der Waals surface area contributed by atoms with Gasteiger partial charge >= 0.3 is 11.9 Å². The van der Waals surface area contributed by atoms with Gasteiger partial charge < -0.3 is 36.8 Å². The van der Waals surface area contributed by atoms with E-state index in [1.807, 2.05) is 0 Å². The summed E-state index contributed by atoms with van der Waals surface area (Å²) in [5.74, 6) is -1.03. The Morgan fingerprint density at radius 3 is 1.20 bits per heavy atom. The summed E-state index contributed by atoms with van der Waals surface area (Å²) < 4.78 is 0. The lowest BCUT2D eigenvalue weighted by molar-refractivity contribution is -0.156. The molecule has 0 heterocycles.